The molecule has 0 aliphatic carbocycles. The van der Waals surface area contributed by atoms with Crippen molar-refractivity contribution in [2.24, 2.45) is 0 Å². The van der Waals surface area contributed by atoms with Gasteiger partial charge in [-0.3, -0.25) is 0 Å². The summed E-state index contributed by atoms with van der Waals surface area (Å²) in [5.41, 5.74) is 0. The quantitative estimate of drug-likeness (QED) is 0.602. The molecule has 1 aromatic heterocycles. The number of nitrogens with zero attached hydrogens (tertiary/aromatic N) is 2. The maximum Gasteiger partial charge on any atom is 0.106 e. The van der Waals surface area contributed by atoms with E-state index in [9.17, 15) is 0 Å². The molecule has 0 atom stereocenters. The van der Waals surface area contributed by atoms with Crippen molar-refractivity contribution in [1.82, 2.24) is 9.59 Å². The van der Waals surface area contributed by atoms with Crippen LogP contribution in [0.4, 0.5) is 0 Å². The van der Waals surface area contributed by atoms with Crippen LogP contribution in [0.3, 0.4) is 0 Å². The molecule has 0 N–H and O–H groups in total. The fourth-order valence-corrected chi connectivity index (χ4v) is 0.810. The Bertz CT molecular complexity index is 115. The highest BCUT2D eigenvalue weighted by molar-refractivity contribution is 14.1. The smallest absolute Gasteiger partial charge is 0.106 e. The van der Waals surface area contributed by atoms with Crippen LogP contribution in [0.1, 0.15) is 0 Å². The first kappa shape index (κ1) is 4.45. The maximum atomic E-state index is 3.61. The molecule has 0 aliphatic rings. The average Bonchev–Trinajstić information content (AvgIpc) is 1.86. The Morgan fingerprint density at radius 3 is 2.83 bits per heavy atom. The summed E-state index contributed by atoms with van der Waals surface area (Å²) in [6, 6.07) is 0. The molecule has 1 heterocycles. The Hall–Kier alpha value is 0.290. The summed E-state index contributed by atoms with van der Waals surface area (Å²) in [6.45, 7) is 0. The normalized spacial score (nSPS) is 8.83. The molecule has 0 saturated carbocycles. The third-order valence-electron chi connectivity index (χ3n) is 0.334. The fourth-order valence-electron chi connectivity index (χ4n) is 0.155. The van der Waals surface area contributed by atoms with Crippen molar-refractivity contribution >= 4 is 34.1 Å². The van der Waals surface area contributed by atoms with Crippen LogP contribution >= 0.6 is 34.1 Å². The molecule has 0 saturated heterocycles. The largest absolute Gasteiger partial charge is 0.145 e. The minimum absolute atomic E-state index is 1.13. The molecular formula is C2HIN2S. The van der Waals surface area contributed by atoms with Gasteiger partial charge < -0.3 is 0 Å². The average molecular weight is 212 g/mol. The Labute approximate surface area is 52.9 Å². The predicted molar refractivity (Wildman–Crippen MR) is 32.6 cm³/mol. The van der Waals surface area contributed by atoms with Crippen LogP contribution < -0.4 is 0 Å². The lowest BCUT2D eigenvalue weighted by Gasteiger charge is -1.57. The summed E-state index contributed by atoms with van der Waals surface area (Å²) in [6.07, 6.45) is 1.73. The van der Waals surface area contributed by atoms with Crippen molar-refractivity contribution in [1.29, 1.82) is 0 Å². The molecule has 32 valence electrons. The monoisotopic (exact) mass is 212 g/mol. The molecule has 6 heavy (non-hydrogen) atoms. The third-order valence-corrected chi connectivity index (χ3v) is 1.66. The van der Waals surface area contributed by atoms with E-state index in [0.29, 0.717) is 0 Å². The lowest BCUT2D eigenvalue weighted by molar-refractivity contribution is 1.15. The van der Waals surface area contributed by atoms with Gasteiger partial charge in [-0.2, -0.15) is 0 Å². The van der Waals surface area contributed by atoms with Crippen LogP contribution in [0.15, 0.2) is 6.20 Å². The highest BCUT2D eigenvalue weighted by atomic mass is 127. The van der Waals surface area contributed by atoms with E-state index < -0.39 is 0 Å². The second-order valence-electron chi connectivity index (χ2n) is 0.722. The lowest BCUT2D eigenvalue weighted by atomic mass is 11.0. The summed E-state index contributed by atoms with van der Waals surface area (Å²) in [4.78, 5) is 0. The first-order valence-corrected chi connectivity index (χ1v) is 3.17. The molecular weight excluding hydrogens is 211 g/mol. The molecule has 2 nitrogen and oxygen atoms in total. The topological polar surface area (TPSA) is 25.8 Å². The second kappa shape index (κ2) is 1.83. The Kier molecular flexibility index (Phi) is 1.36. The summed E-state index contributed by atoms with van der Waals surface area (Å²) >= 11 is 3.57. The minimum Gasteiger partial charge on any atom is -0.145 e. The van der Waals surface area contributed by atoms with E-state index in [1.54, 1.807) is 6.20 Å². The second-order valence-corrected chi connectivity index (χ2v) is 3.40. The van der Waals surface area contributed by atoms with E-state index in [-0.39, 0.29) is 0 Å². The Morgan fingerprint density at radius 1 is 1.83 bits per heavy atom. The molecule has 1 rings (SSSR count). The SMILES string of the molecule is Ic1cnns1. The molecule has 4 heteroatoms. The lowest BCUT2D eigenvalue weighted by Crippen LogP contribution is -1.52. The minimum atomic E-state index is 1.13. The first-order chi connectivity index (χ1) is 2.89. The van der Waals surface area contributed by atoms with Gasteiger partial charge in [0.15, 0.2) is 0 Å². The van der Waals surface area contributed by atoms with Crippen molar-refractivity contribution < 1.29 is 0 Å². The van der Waals surface area contributed by atoms with Gasteiger partial charge in [-0.15, -0.1) is 5.10 Å². The predicted octanol–water partition coefficient (Wildman–Crippen LogP) is 1.14. The van der Waals surface area contributed by atoms with Crippen molar-refractivity contribution in [3.8, 4) is 0 Å². The number of hydrogen-bond donors (Lipinski definition) is 0. The van der Waals surface area contributed by atoms with Gasteiger partial charge in [0.05, 0.1) is 6.20 Å². The zero-order chi connectivity index (χ0) is 4.41. The van der Waals surface area contributed by atoms with Gasteiger partial charge in [0.1, 0.15) is 2.88 Å². The maximum absolute atomic E-state index is 3.61. The van der Waals surface area contributed by atoms with E-state index in [1.165, 1.54) is 11.5 Å². The molecule has 0 radical (unpaired) electrons. The van der Waals surface area contributed by atoms with Gasteiger partial charge in [-0.25, -0.2) is 0 Å². The first-order valence-electron chi connectivity index (χ1n) is 1.32. The zero-order valence-electron chi connectivity index (χ0n) is 2.76. The number of rotatable bonds is 0. The third kappa shape index (κ3) is 0.874. The van der Waals surface area contributed by atoms with Crippen LogP contribution in [0.25, 0.3) is 0 Å². The highest BCUT2D eigenvalue weighted by Crippen LogP contribution is 2.03. The van der Waals surface area contributed by atoms with Crippen LogP contribution in [0.2, 0.25) is 0 Å². The molecule has 0 fully saturated rings. The summed E-state index contributed by atoms with van der Waals surface area (Å²) < 4.78 is 4.74. The van der Waals surface area contributed by atoms with Crippen LogP contribution in [-0.2, 0) is 0 Å². The fraction of sp³-hybridized carbons (Fsp3) is 0. The van der Waals surface area contributed by atoms with Gasteiger partial charge in [0.2, 0.25) is 0 Å². The van der Waals surface area contributed by atoms with Crippen molar-refractivity contribution in [3.05, 3.63) is 9.08 Å². The van der Waals surface area contributed by atoms with Gasteiger partial charge in [0, 0.05) is 0 Å². The number of aromatic nitrogens is 2. The van der Waals surface area contributed by atoms with E-state index in [0.717, 1.165) is 2.88 Å². The number of halogens is 1. The summed E-state index contributed by atoms with van der Waals surface area (Å²) in [5.74, 6) is 0. The van der Waals surface area contributed by atoms with Crippen LogP contribution in [0.5, 0.6) is 0 Å². The van der Waals surface area contributed by atoms with E-state index in [4.69, 9.17) is 0 Å². The van der Waals surface area contributed by atoms with Crippen LogP contribution in [-0.4, -0.2) is 9.59 Å². The highest BCUT2D eigenvalue weighted by Gasteiger charge is 1.80. The van der Waals surface area contributed by atoms with E-state index >= 15 is 0 Å². The molecule has 0 spiro atoms. The van der Waals surface area contributed by atoms with E-state index in [1.807, 2.05) is 0 Å². The summed E-state index contributed by atoms with van der Waals surface area (Å²) in [7, 11) is 0. The van der Waals surface area contributed by atoms with Gasteiger partial charge in [0.25, 0.3) is 0 Å². The molecule has 0 unspecified atom stereocenters. The molecule has 1 aromatic rings. The Balaban J connectivity index is 3.05. The molecule has 0 aliphatic heterocycles. The van der Waals surface area contributed by atoms with Gasteiger partial charge in [-0.1, -0.05) is 4.49 Å². The van der Waals surface area contributed by atoms with Crippen molar-refractivity contribution in [3.63, 3.8) is 0 Å². The van der Waals surface area contributed by atoms with Gasteiger partial charge >= 0.3 is 0 Å². The molecule has 0 amide bonds. The standard InChI is InChI=1S/C2HIN2S/c3-2-1-4-5-6-2/h1H. The Morgan fingerprint density at radius 2 is 2.67 bits per heavy atom. The van der Waals surface area contributed by atoms with E-state index in [2.05, 4.69) is 32.2 Å². The summed E-state index contributed by atoms with van der Waals surface area (Å²) in [5, 5.41) is 3.58. The molecule has 0 bridgehead atoms. The molecule has 0 aromatic carbocycles. The van der Waals surface area contributed by atoms with Crippen molar-refractivity contribution in [2.75, 3.05) is 0 Å². The number of hydrogen-bond acceptors (Lipinski definition) is 3. The van der Waals surface area contributed by atoms with Crippen molar-refractivity contribution in [2.45, 2.75) is 0 Å². The van der Waals surface area contributed by atoms with Crippen LogP contribution in [0, 0.1) is 2.88 Å². The van der Waals surface area contributed by atoms with Gasteiger partial charge in [-0.05, 0) is 34.1 Å². The zero-order valence-corrected chi connectivity index (χ0v) is 5.73.